The molecule has 1 aromatic heterocycles. The van der Waals surface area contributed by atoms with Crippen molar-refractivity contribution in [3.63, 3.8) is 0 Å². The number of aromatic nitrogens is 1. The first-order chi connectivity index (χ1) is 8.08. The highest BCUT2D eigenvalue weighted by molar-refractivity contribution is 5.56. The Morgan fingerprint density at radius 3 is 2.29 bits per heavy atom. The quantitative estimate of drug-likeness (QED) is 0.876. The molecule has 0 aliphatic carbocycles. The van der Waals surface area contributed by atoms with E-state index in [0.29, 0.717) is 6.54 Å². The predicted octanol–water partition coefficient (Wildman–Crippen LogP) is 3.52. The van der Waals surface area contributed by atoms with Crippen LogP contribution in [0.4, 0.5) is 5.69 Å². The number of rotatable bonds is 3. The highest BCUT2D eigenvalue weighted by Crippen LogP contribution is 2.20. The summed E-state index contributed by atoms with van der Waals surface area (Å²) in [5, 5.41) is 3.38. The molecule has 3 heteroatoms. The molecule has 0 unspecified atom stereocenters. The van der Waals surface area contributed by atoms with Gasteiger partial charge in [0.05, 0.1) is 12.2 Å². The number of benzene rings is 1. The van der Waals surface area contributed by atoms with Gasteiger partial charge in [0.15, 0.2) is 0 Å². The summed E-state index contributed by atoms with van der Waals surface area (Å²) >= 11 is 0. The molecular formula is C14H18N2O. The number of hydrogen-bond donors (Lipinski definition) is 1. The lowest BCUT2D eigenvalue weighted by Crippen LogP contribution is -2.03. The zero-order valence-electron chi connectivity index (χ0n) is 10.8. The molecule has 0 radical (unpaired) electrons. The normalized spacial score (nSPS) is 10.6. The lowest BCUT2D eigenvalue weighted by molar-refractivity contribution is 0.478. The molecule has 2 aromatic rings. The van der Waals surface area contributed by atoms with Crippen molar-refractivity contribution in [3.8, 4) is 0 Å². The summed E-state index contributed by atoms with van der Waals surface area (Å²) in [6.07, 6.45) is 0. The van der Waals surface area contributed by atoms with E-state index in [4.69, 9.17) is 4.42 Å². The summed E-state index contributed by atoms with van der Waals surface area (Å²) in [4.78, 5) is 4.36. The maximum atomic E-state index is 5.54. The molecule has 0 aliphatic rings. The first-order valence-corrected chi connectivity index (χ1v) is 5.81. The fourth-order valence-corrected chi connectivity index (χ4v) is 1.87. The van der Waals surface area contributed by atoms with Gasteiger partial charge in [-0.3, -0.25) is 0 Å². The fraction of sp³-hybridized carbons (Fsp3) is 0.357. The van der Waals surface area contributed by atoms with Crippen molar-refractivity contribution in [2.24, 2.45) is 0 Å². The van der Waals surface area contributed by atoms with Gasteiger partial charge in [0.1, 0.15) is 5.76 Å². The minimum Gasteiger partial charge on any atom is -0.444 e. The van der Waals surface area contributed by atoms with Crippen LogP contribution >= 0.6 is 0 Å². The van der Waals surface area contributed by atoms with Gasteiger partial charge in [-0.2, -0.15) is 0 Å². The first-order valence-electron chi connectivity index (χ1n) is 5.81. The molecule has 3 nitrogen and oxygen atoms in total. The average molecular weight is 230 g/mol. The molecule has 1 heterocycles. The fourth-order valence-electron chi connectivity index (χ4n) is 1.87. The number of aryl methyl sites for hydroxylation is 4. The van der Waals surface area contributed by atoms with Crippen LogP contribution in [0.15, 0.2) is 22.6 Å². The average Bonchev–Trinajstić information content (AvgIpc) is 2.58. The maximum absolute atomic E-state index is 5.54. The number of para-hydroxylation sites is 1. The van der Waals surface area contributed by atoms with E-state index < -0.39 is 0 Å². The molecule has 1 aromatic carbocycles. The van der Waals surface area contributed by atoms with E-state index in [2.05, 4.69) is 42.3 Å². The summed E-state index contributed by atoms with van der Waals surface area (Å²) < 4.78 is 5.54. The van der Waals surface area contributed by atoms with Gasteiger partial charge in [0.2, 0.25) is 5.89 Å². The van der Waals surface area contributed by atoms with Crippen LogP contribution in [0.5, 0.6) is 0 Å². The second kappa shape index (κ2) is 4.62. The molecule has 0 fully saturated rings. The Morgan fingerprint density at radius 1 is 1.12 bits per heavy atom. The Morgan fingerprint density at radius 2 is 1.76 bits per heavy atom. The Bertz CT molecular complexity index is 489. The van der Waals surface area contributed by atoms with Crippen molar-refractivity contribution in [3.05, 3.63) is 46.7 Å². The lowest BCUT2D eigenvalue weighted by atomic mass is 10.1. The van der Waals surface area contributed by atoms with Crippen molar-refractivity contribution in [2.45, 2.75) is 34.2 Å². The highest BCUT2D eigenvalue weighted by atomic mass is 16.4. The molecule has 0 aliphatic heterocycles. The number of hydrogen-bond acceptors (Lipinski definition) is 3. The third-order valence-corrected chi connectivity index (χ3v) is 2.97. The van der Waals surface area contributed by atoms with E-state index in [1.165, 1.54) is 16.8 Å². The van der Waals surface area contributed by atoms with Crippen molar-refractivity contribution < 1.29 is 4.42 Å². The van der Waals surface area contributed by atoms with E-state index in [-0.39, 0.29) is 0 Å². The summed E-state index contributed by atoms with van der Waals surface area (Å²) in [5.74, 6) is 1.63. The van der Waals surface area contributed by atoms with Crippen molar-refractivity contribution in [1.82, 2.24) is 4.98 Å². The second-order valence-electron chi connectivity index (χ2n) is 4.37. The van der Waals surface area contributed by atoms with E-state index >= 15 is 0 Å². The molecule has 17 heavy (non-hydrogen) atoms. The smallest absolute Gasteiger partial charge is 0.213 e. The van der Waals surface area contributed by atoms with E-state index in [1.807, 2.05) is 13.8 Å². The molecule has 0 bridgehead atoms. The van der Waals surface area contributed by atoms with Crippen molar-refractivity contribution >= 4 is 5.69 Å². The third kappa shape index (κ3) is 2.49. The minimum atomic E-state index is 0.625. The van der Waals surface area contributed by atoms with Gasteiger partial charge < -0.3 is 9.73 Å². The summed E-state index contributed by atoms with van der Waals surface area (Å²) in [5.41, 5.74) is 4.61. The molecule has 1 N–H and O–H groups in total. The topological polar surface area (TPSA) is 38.1 Å². The van der Waals surface area contributed by atoms with Crippen LogP contribution in [0.2, 0.25) is 0 Å². The number of nitrogens with zero attached hydrogens (tertiary/aromatic N) is 1. The van der Waals surface area contributed by atoms with Gasteiger partial charge in [0.25, 0.3) is 0 Å². The maximum Gasteiger partial charge on any atom is 0.213 e. The van der Waals surface area contributed by atoms with Gasteiger partial charge in [-0.25, -0.2) is 4.98 Å². The predicted molar refractivity (Wildman–Crippen MR) is 69.2 cm³/mol. The van der Waals surface area contributed by atoms with Crippen LogP contribution in [0, 0.1) is 27.7 Å². The van der Waals surface area contributed by atoms with E-state index in [0.717, 1.165) is 17.3 Å². The first kappa shape index (κ1) is 11.7. The highest BCUT2D eigenvalue weighted by Gasteiger charge is 2.06. The van der Waals surface area contributed by atoms with Gasteiger partial charge >= 0.3 is 0 Å². The molecule has 0 saturated heterocycles. The minimum absolute atomic E-state index is 0.625. The molecule has 2 rings (SSSR count). The van der Waals surface area contributed by atoms with E-state index in [9.17, 15) is 0 Å². The Kier molecular flexibility index (Phi) is 3.18. The molecule has 0 spiro atoms. The molecule has 0 atom stereocenters. The zero-order valence-corrected chi connectivity index (χ0v) is 10.8. The van der Waals surface area contributed by atoms with Gasteiger partial charge in [0, 0.05) is 5.69 Å². The largest absolute Gasteiger partial charge is 0.444 e. The van der Waals surface area contributed by atoms with Crippen LogP contribution in [0.1, 0.15) is 28.5 Å². The summed E-state index contributed by atoms with van der Waals surface area (Å²) in [7, 11) is 0. The van der Waals surface area contributed by atoms with Crippen molar-refractivity contribution in [2.75, 3.05) is 5.32 Å². The van der Waals surface area contributed by atoms with Gasteiger partial charge in [-0.15, -0.1) is 0 Å². The summed E-state index contributed by atoms with van der Waals surface area (Å²) in [6, 6.07) is 6.26. The Labute approximate surface area is 102 Å². The Balaban J connectivity index is 2.12. The molecular weight excluding hydrogens is 212 g/mol. The van der Waals surface area contributed by atoms with Crippen LogP contribution in [0.25, 0.3) is 0 Å². The number of anilines is 1. The number of oxazole rings is 1. The third-order valence-electron chi connectivity index (χ3n) is 2.97. The van der Waals surface area contributed by atoms with Crippen molar-refractivity contribution in [1.29, 1.82) is 0 Å². The SMILES string of the molecule is Cc1cccc(C)c1NCc1nc(C)c(C)o1. The number of nitrogens with one attached hydrogen (secondary N) is 1. The van der Waals surface area contributed by atoms with Crippen LogP contribution in [-0.2, 0) is 6.54 Å². The van der Waals surface area contributed by atoms with Gasteiger partial charge in [-0.05, 0) is 38.8 Å². The molecule has 0 amide bonds. The van der Waals surface area contributed by atoms with Crippen LogP contribution < -0.4 is 5.32 Å². The molecule has 90 valence electrons. The standard InChI is InChI=1S/C14H18N2O/c1-9-6-5-7-10(2)14(9)15-8-13-16-11(3)12(4)17-13/h5-7,15H,8H2,1-4H3. The van der Waals surface area contributed by atoms with Crippen LogP contribution in [0.3, 0.4) is 0 Å². The summed E-state index contributed by atoms with van der Waals surface area (Å²) in [6.45, 7) is 8.72. The second-order valence-corrected chi connectivity index (χ2v) is 4.37. The molecule has 0 saturated carbocycles. The lowest BCUT2D eigenvalue weighted by Gasteiger charge is -2.10. The van der Waals surface area contributed by atoms with Crippen LogP contribution in [-0.4, -0.2) is 4.98 Å². The Hall–Kier alpha value is -1.77. The zero-order chi connectivity index (χ0) is 12.4. The monoisotopic (exact) mass is 230 g/mol. The van der Waals surface area contributed by atoms with Gasteiger partial charge in [-0.1, -0.05) is 18.2 Å². The van der Waals surface area contributed by atoms with E-state index in [1.54, 1.807) is 0 Å².